The van der Waals surface area contributed by atoms with Gasteiger partial charge in [0, 0.05) is 12.6 Å². The molecule has 0 aromatic rings. The summed E-state index contributed by atoms with van der Waals surface area (Å²) in [5.74, 6) is -0.787. The zero-order valence-electron chi connectivity index (χ0n) is 12.2. The van der Waals surface area contributed by atoms with Crippen LogP contribution in [0.25, 0.3) is 0 Å². The molecule has 1 atom stereocenters. The number of hydrogen-bond donors (Lipinski definition) is 2. The van der Waals surface area contributed by atoms with E-state index in [4.69, 9.17) is 5.11 Å². The molecule has 1 amide bonds. The summed E-state index contributed by atoms with van der Waals surface area (Å²) in [5, 5.41) is 12.2. The summed E-state index contributed by atoms with van der Waals surface area (Å²) in [6.45, 7) is 7.12. The van der Waals surface area contributed by atoms with Gasteiger partial charge in [-0.1, -0.05) is 13.3 Å². The summed E-state index contributed by atoms with van der Waals surface area (Å²) in [7, 11) is 0. The van der Waals surface area contributed by atoms with Crippen molar-refractivity contribution >= 4 is 11.9 Å². The Balaban J connectivity index is 2.81. The fourth-order valence-electron chi connectivity index (χ4n) is 2.82. The second-order valence-corrected chi connectivity index (χ2v) is 5.60. The van der Waals surface area contributed by atoms with E-state index in [1.807, 2.05) is 13.8 Å². The lowest BCUT2D eigenvalue weighted by Crippen LogP contribution is -2.56. The van der Waals surface area contributed by atoms with Gasteiger partial charge in [0.15, 0.2) is 0 Å². The van der Waals surface area contributed by atoms with Gasteiger partial charge < -0.3 is 15.3 Å². The third kappa shape index (κ3) is 3.93. The molecule has 1 aliphatic heterocycles. The van der Waals surface area contributed by atoms with E-state index in [1.54, 1.807) is 4.90 Å². The van der Waals surface area contributed by atoms with Crippen molar-refractivity contribution in [2.24, 2.45) is 0 Å². The van der Waals surface area contributed by atoms with Gasteiger partial charge in [-0.2, -0.15) is 0 Å². The Morgan fingerprint density at radius 3 is 2.53 bits per heavy atom. The zero-order chi connectivity index (χ0) is 14.5. The molecule has 0 radical (unpaired) electrons. The highest BCUT2D eigenvalue weighted by Gasteiger charge is 2.42. The van der Waals surface area contributed by atoms with Gasteiger partial charge in [-0.25, -0.2) is 0 Å². The number of nitrogens with zero attached hydrogens (tertiary/aromatic N) is 1. The number of nitrogens with one attached hydrogen (secondary N) is 1. The molecule has 19 heavy (non-hydrogen) atoms. The van der Waals surface area contributed by atoms with E-state index in [9.17, 15) is 9.59 Å². The first-order chi connectivity index (χ1) is 8.93. The molecule has 0 aromatic carbocycles. The van der Waals surface area contributed by atoms with Crippen molar-refractivity contribution in [3.63, 3.8) is 0 Å². The SMILES string of the molecule is CCCC1(C(=O)N(CCC(=O)O)C(C)C)CCCN1. The van der Waals surface area contributed by atoms with Crippen LogP contribution in [0.3, 0.4) is 0 Å². The van der Waals surface area contributed by atoms with E-state index in [-0.39, 0.29) is 18.4 Å². The summed E-state index contributed by atoms with van der Waals surface area (Å²) in [5.41, 5.74) is -0.461. The highest BCUT2D eigenvalue weighted by atomic mass is 16.4. The molecular weight excluding hydrogens is 244 g/mol. The predicted molar refractivity (Wildman–Crippen MR) is 74.0 cm³/mol. The van der Waals surface area contributed by atoms with Gasteiger partial charge in [-0.15, -0.1) is 0 Å². The molecule has 1 unspecified atom stereocenters. The maximum absolute atomic E-state index is 12.8. The van der Waals surface area contributed by atoms with Crippen LogP contribution in [0.4, 0.5) is 0 Å². The minimum Gasteiger partial charge on any atom is -0.481 e. The van der Waals surface area contributed by atoms with Crippen molar-refractivity contribution in [2.75, 3.05) is 13.1 Å². The van der Waals surface area contributed by atoms with E-state index >= 15 is 0 Å². The first-order valence-corrected chi connectivity index (χ1v) is 7.21. The molecule has 0 aromatic heterocycles. The van der Waals surface area contributed by atoms with Crippen LogP contribution < -0.4 is 5.32 Å². The van der Waals surface area contributed by atoms with Gasteiger partial charge in [0.2, 0.25) is 5.91 Å². The van der Waals surface area contributed by atoms with Gasteiger partial charge in [0.25, 0.3) is 0 Å². The Morgan fingerprint density at radius 1 is 1.42 bits per heavy atom. The number of carbonyl (C=O) groups is 2. The van der Waals surface area contributed by atoms with E-state index in [2.05, 4.69) is 12.2 Å². The van der Waals surface area contributed by atoms with Crippen LogP contribution in [-0.4, -0.2) is 46.6 Å². The van der Waals surface area contributed by atoms with Crippen molar-refractivity contribution in [1.29, 1.82) is 0 Å². The molecule has 110 valence electrons. The van der Waals surface area contributed by atoms with Crippen molar-refractivity contribution in [3.05, 3.63) is 0 Å². The Hall–Kier alpha value is -1.10. The topological polar surface area (TPSA) is 69.6 Å². The largest absolute Gasteiger partial charge is 0.481 e. The van der Waals surface area contributed by atoms with E-state index in [0.29, 0.717) is 6.54 Å². The van der Waals surface area contributed by atoms with Crippen molar-refractivity contribution in [2.45, 2.75) is 64.5 Å². The lowest BCUT2D eigenvalue weighted by atomic mass is 9.89. The average Bonchev–Trinajstić information content (AvgIpc) is 2.78. The van der Waals surface area contributed by atoms with Crippen LogP contribution in [0.1, 0.15) is 52.9 Å². The molecule has 0 bridgehead atoms. The molecule has 5 heteroatoms. The Bertz CT molecular complexity index is 323. The van der Waals surface area contributed by atoms with Crippen LogP contribution in [0.15, 0.2) is 0 Å². The average molecular weight is 270 g/mol. The van der Waals surface area contributed by atoms with Crippen LogP contribution >= 0.6 is 0 Å². The highest BCUT2D eigenvalue weighted by Crippen LogP contribution is 2.28. The molecule has 1 heterocycles. The van der Waals surface area contributed by atoms with E-state index in [0.717, 1.165) is 32.2 Å². The second-order valence-electron chi connectivity index (χ2n) is 5.60. The summed E-state index contributed by atoms with van der Waals surface area (Å²) in [6, 6.07) is 0.0305. The third-order valence-corrected chi connectivity index (χ3v) is 3.78. The van der Waals surface area contributed by atoms with Gasteiger partial charge in [-0.05, 0) is 39.7 Å². The quantitative estimate of drug-likeness (QED) is 0.737. The van der Waals surface area contributed by atoms with Crippen LogP contribution in [0, 0.1) is 0 Å². The molecule has 0 spiro atoms. The van der Waals surface area contributed by atoms with Crippen molar-refractivity contribution in [1.82, 2.24) is 10.2 Å². The number of aliphatic carboxylic acids is 1. The molecule has 1 saturated heterocycles. The number of rotatable bonds is 7. The fraction of sp³-hybridized carbons (Fsp3) is 0.857. The van der Waals surface area contributed by atoms with Gasteiger partial charge in [0.1, 0.15) is 0 Å². The third-order valence-electron chi connectivity index (χ3n) is 3.78. The second kappa shape index (κ2) is 6.89. The Labute approximate surface area is 115 Å². The lowest BCUT2D eigenvalue weighted by molar-refractivity contribution is -0.142. The van der Waals surface area contributed by atoms with Gasteiger partial charge in [0.05, 0.1) is 12.0 Å². The molecule has 2 N–H and O–H groups in total. The van der Waals surface area contributed by atoms with Gasteiger partial charge in [-0.3, -0.25) is 9.59 Å². The standard InChI is InChI=1S/C14H26N2O3/c1-4-7-14(8-5-9-15-14)13(19)16(11(2)3)10-6-12(17)18/h11,15H,4-10H2,1-3H3,(H,17,18). The molecular formula is C14H26N2O3. The molecule has 1 rings (SSSR count). The predicted octanol–water partition coefficient (Wildman–Crippen LogP) is 1.62. The number of carboxylic acids is 1. The highest BCUT2D eigenvalue weighted by molar-refractivity contribution is 5.87. The fourth-order valence-corrected chi connectivity index (χ4v) is 2.82. The normalized spacial score (nSPS) is 22.7. The maximum Gasteiger partial charge on any atom is 0.305 e. The van der Waals surface area contributed by atoms with E-state index in [1.165, 1.54) is 0 Å². The monoisotopic (exact) mass is 270 g/mol. The summed E-state index contributed by atoms with van der Waals surface area (Å²) in [6.07, 6.45) is 3.64. The van der Waals surface area contributed by atoms with Crippen molar-refractivity contribution < 1.29 is 14.7 Å². The molecule has 0 saturated carbocycles. The minimum absolute atomic E-state index is 0.00608. The van der Waals surface area contributed by atoms with Crippen LogP contribution in [0.2, 0.25) is 0 Å². The summed E-state index contributed by atoms with van der Waals surface area (Å²) < 4.78 is 0. The van der Waals surface area contributed by atoms with E-state index < -0.39 is 11.5 Å². The van der Waals surface area contributed by atoms with Crippen molar-refractivity contribution in [3.8, 4) is 0 Å². The number of carboxylic acid groups (broad SMARTS) is 1. The summed E-state index contributed by atoms with van der Waals surface area (Å²) in [4.78, 5) is 25.2. The minimum atomic E-state index is -0.859. The Morgan fingerprint density at radius 2 is 2.11 bits per heavy atom. The van der Waals surface area contributed by atoms with Crippen LogP contribution in [-0.2, 0) is 9.59 Å². The molecule has 1 fully saturated rings. The molecule has 5 nitrogen and oxygen atoms in total. The number of hydrogen-bond acceptors (Lipinski definition) is 3. The Kier molecular flexibility index (Phi) is 5.79. The van der Waals surface area contributed by atoms with Gasteiger partial charge >= 0.3 is 5.97 Å². The molecule has 1 aliphatic rings. The smallest absolute Gasteiger partial charge is 0.305 e. The zero-order valence-corrected chi connectivity index (χ0v) is 12.2. The maximum atomic E-state index is 12.8. The number of carbonyl (C=O) groups excluding carboxylic acids is 1. The first kappa shape index (κ1) is 16.0. The van der Waals surface area contributed by atoms with Crippen LogP contribution in [0.5, 0.6) is 0 Å². The lowest BCUT2D eigenvalue weighted by Gasteiger charge is -2.36. The summed E-state index contributed by atoms with van der Waals surface area (Å²) >= 11 is 0. The molecule has 0 aliphatic carbocycles. The first-order valence-electron chi connectivity index (χ1n) is 7.21. The number of amides is 1.